The van der Waals surface area contributed by atoms with Gasteiger partial charge in [-0.3, -0.25) is 9.11 Å². The van der Waals surface area contributed by atoms with Crippen LogP contribution in [0.3, 0.4) is 0 Å². The minimum absolute atomic E-state index is 0.0962. The largest absolute Gasteiger partial charge is 0.453 e. The van der Waals surface area contributed by atoms with Crippen LogP contribution in [0.2, 0.25) is 0 Å². The number of halogens is 8. The monoisotopic (exact) mass is 722 g/mol. The molecule has 0 aromatic heterocycles. The number of ether oxygens (including phenoxy) is 1. The Morgan fingerprint density at radius 3 is 2.33 bits per heavy atom. The molecular weight excluding hydrogens is 672 g/mol. The van der Waals surface area contributed by atoms with E-state index in [4.69, 9.17) is 4.74 Å². The van der Waals surface area contributed by atoms with Gasteiger partial charge in [0.2, 0.25) is 0 Å². The van der Waals surface area contributed by atoms with E-state index in [-0.39, 0.29) is 47.9 Å². The maximum atomic E-state index is 13.5. The molecule has 15 heteroatoms. The molecule has 0 aromatic rings. The Kier molecular flexibility index (Phi) is 11.4. The Morgan fingerprint density at radius 2 is 1.65 bits per heavy atom. The van der Waals surface area contributed by atoms with Crippen molar-refractivity contribution in [2.45, 2.75) is 120 Å². The van der Waals surface area contributed by atoms with Gasteiger partial charge in [-0.15, -0.1) is 0 Å². The van der Waals surface area contributed by atoms with E-state index in [9.17, 15) is 49.2 Å². The first-order valence-corrected chi connectivity index (χ1v) is 19.0. The highest BCUT2D eigenvalue weighted by molar-refractivity contribution is 7.84. The van der Waals surface area contributed by atoms with Gasteiger partial charge in [0.05, 0.1) is 6.10 Å². The number of hydrogen-bond donors (Lipinski definition) is 1. The highest BCUT2D eigenvalue weighted by Crippen LogP contribution is 2.64. The lowest BCUT2D eigenvalue weighted by Gasteiger charge is -2.58. The molecule has 1 N–H and O–H groups in total. The minimum Gasteiger partial charge on any atom is -0.446 e. The summed E-state index contributed by atoms with van der Waals surface area (Å²) in [4.78, 5) is 15.4. The molecule has 0 bridgehead atoms. The second kappa shape index (κ2) is 14.4. The molecule has 1 heterocycles. The molecule has 5 rings (SSSR count). The summed E-state index contributed by atoms with van der Waals surface area (Å²) in [5, 5.41) is 11.0. The van der Waals surface area contributed by atoms with Gasteiger partial charge < -0.3 is 14.7 Å². The maximum Gasteiger partial charge on any atom is 0.453 e. The Hall–Kier alpha value is -1.22. The molecule has 278 valence electrons. The van der Waals surface area contributed by atoms with Crippen molar-refractivity contribution in [2.75, 3.05) is 38.2 Å². The third-order valence-electron chi connectivity index (χ3n) is 12.8. The second-order valence-electron chi connectivity index (χ2n) is 15.5. The van der Waals surface area contributed by atoms with E-state index in [1.807, 2.05) is 0 Å². The number of carbonyl (C=O) groups is 1. The molecule has 11 atom stereocenters. The fourth-order valence-corrected chi connectivity index (χ4v) is 11.4. The fraction of sp³-hybridized carbons (Fsp3) is 0.970. The van der Waals surface area contributed by atoms with E-state index >= 15 is 0 Å². The number of aliphatic hydroxyl groups excluding tert-OH is 1. The van der Waals surface area contributed by atoms with Gasteiger partial charge in [-0.2, -0.15) is 35.1 Å². The minimum atomic E-state index is -5.62. The molecule has 48 heavy (non-hydrogen) atoms. The van der Waals surface area contributed by atoms with Gasteiger partial charge in [-0.25, -0.2) is 4.79 Å². The summed E-state index contributed by atoms with van der Waals surface area (Å²) >= 11 is 0. The summed E-state index contributed by atoms with van der Waals surface area (Å²) in [6.07, 6.45) is -5.64. The first-order chi connectivity index (χ1) is 22.3. The number of nitrogens with zero attached hydrogens (tertiary/aromatic N) is 2. The fourth-order valence-electron chi connectivity index (χ4n) is 10.2. The lowest BCUT2D eigenvalue weighted by molar-refractivity contribution is -0.284. The second-order valence-corrected chi connectivity index (χ2v) is 17.2. The zero-order valence-corrected chi connectivity index (χ0v) is 28.5. The summed E-state index contributed by atoms with van der Waals surface area (Å²) in [5.74, 6) is -2.82. The number of amides is 1. The molecule has 4 aliphatic carbocycles. The smallest absolute Gasteiger partial charge is 0.446 e. The first-order valence-electron chi connectivity index (χ1n) is 17.5. The number of piperazine rings is 1. The van der Waals surface area contributed by atoms with Crippen molar-refractivity contribution in [3.63, 3.8) is 0 Å². The van der Waals surface area contributed by atoms with Crippen molar-refractivity contribution in [1.29, 1.82) is 0 Å². The Labute approximate surface area is 280 Å². The van der Waals surface area contributed by atoms with Gasteiger partial charge >= 0.3 is 24.4 Å². The average molecular weight is 723 g/mol. The van der Waals surface area contributed by atoms with E-state index < -0.39 is 66.7 Å². The van der Waals surface area contributed by atoms with Crippen molar-refractivity contribution in [1.82, 2.24) is 9.80 Å². The van der Waals surface area contributed by atoms with Crippen LogP contribution >= 0.6 is 0 Å². The standard InChI is InChI=1S/C33H50F8N2O4S/c1-30-12-10-24-23-7-6-22(47-29(45)43-14-13-42(2)26(19-43)32(36,37)38)18-21(23)17-20(28(24)25(30)8-9-27(30)44)5-3-15-48(46)16-4-11-31(34,35)33(39,40)41/h20-28,44H,3-19H2,1-2H3/t20-,21?,22?,23?,24-,25+,26?,27+,28-,30+,48?/m1/s1. The van der Waals surface area contributed by atoms with E-state index in [1.54, 1.807) is 0 Å². The lowest BCUT2D eigenvalue weighted by atomic mass is 9.47. The molecule has 5 fully saturated rings. The van der Waals surface area contributed by atoms with Gasteiger partial charge in [-0.1, -0.05) is 6.92 Å². The molecule has 6 nitrogen and oxygen atoms in total. The third-order valence-corrected chi connectivity index (χ3v) is 14.3. The number of alkyl halides is 8. The molecule has 0 spiro atoms. The topological polar surface area (TPSA) is 70.1 Å². The highest BCUT2D eigenvalue weighted by atomic mass is 32.2. The Bertz CT molecular complexity index is 1160. The number of likely N-dealkylation sites (N-methyl/N-ethyl adjacent to an activating group) is 1. The quantitative estimate of drug-likeness (QED) is 0.251. The van der Waals surface area contributed by atoms with Crippen molar-refractivity contribution in [3.05, 3.63) is 0 Å². The Balaban J connectivity index is 1.20. The first kappa shape index (κ1) is 38.0. The van der Waals surface area contributed by atoms with Crippen LogP contribution in [-0.2, 0) is 15.5 Å². The zero-order chi connectivity index (χ0) is 35.2. The van der Waals surface area contributed by atoms with Gasteiger partial charge in [0, 0.05) is 48.4 Å². The number of rotatable bonds is 9. The van der Waals surface area contributed by atoms with Crippen LogP contribution < -0.4 is 0 Å². The van der Waals surface area contributed by atoms with Gasteiger partial charge in [0.1, 0.15) is 12.1 Å². The third kappa shape index (κ3) is 7.97. The lowest BCUT2D eigenvalue weighted by Crippen LogP contribution is -2.59. The molecule has 5 aliphatic rings. The predicted octanol–water partition coefficient (Wildman–Crippen LogP) is 7.42. The van der Waals surface area contributed by atoms with Crippen LogP contribution in [0.4, 0.5) is 39.9 Å². The van der Waals surface area contributed by atoms with E-state index in [0.717, 1.165) is 49.8 Å². The molecule has 1 aliphatic heterocycles. The van der Waals surface area contributed by atoms with Gasteiger partial charge in [0.15, 0.2) is 0 Å². The van der Waals surface area contributed by atoms with Gasteiger partial charge in [-0.05, 0) is 119 Å². The summed E-state index contributed by atoms with van der Waals surface area (Å²) in [6, 6.07) is -1.74. The Morgan fingerprint density at radius 1 is 0.938 bits per heavy atom. The molecule has 1 saturated heterocycles. The SMILES string of the molecule is CN1CCN(C(=O)OC2CCC3C(C2)C[C@@H](CCCS(=O)CCCC(F)(F)C(F)(F)F)[C@@H]2[C@@H]3CC[C@]3(C)[C@@H](O)CC[C@@H]23)CC1C(F)(F)F. The molecule has 1 amide bonds. The molecule has 5 unspecified atom stereocenters. The summed E-state index contributed by atoms with van der Waals surface area (Å²) in [6.45, 7) is 1.96. The van der Waals surface area contributed by atoms with Crippen LogP contribution in [0.15, 0.2) is 0 Å². The average Bonchev–Trinajstić information content (AvgIpc) is 3.29. The number of carbonyl (C=O) groups excluding carboxylic acids is 1. The van der Waals surface area contributed by atoms with Crippen LogP contribution in [0.1, 0.15) is 84.0 Å². The molecule has 0 radical (unpaired) electrons. The normalized spacial score (nSPS) is 38.6. The highest BCUT2D eigenvalue weighted by Gasteiger charge is 2.59. The maximum absolute atomic E-state index is 13.5. The number of aliphatic hydroxyl groups is 1. The zero-order valence-electron chi connectivity index (χ0n) is 27.7. The van der Waals surface area contributed by atoms with Crippen molar-refractivity contribution in [2.24, 2.45) is 40.9 Å². The summed E-state index contributed by atoms with van der Waals surface area (Å²) in [7, 11) is -0.129. The van der Waals surface area contributed by atoms with Crippen LogP contribution in [0, 0.1) is 40.9 Å². The van der Waals surface area contributed by atoms with E-state index in [2.05, 4.69) is 6.92 Å². The molecule has 4 saturated carbocycles. The number of hydrogen-bond acceptors (Lipinski definition) is 5. The van der Waals surface area contributed by atoms with Crippen molar-refractivity contribution in [3.8, 4) is 0 Å². The van der Waals surface area contributed by atoms with Crippen molar-refractivity contribution < 1.29 is 54.0 Å². The van der Waals surface area contributed by atoms with E-state index in [1.165, 1.54) is 11.9 Å². The summed E-state index contributed by atoms with van der Waals surface area (Å²) in [5.41, 5.74) is -0.178. The van der Waals surface area contributed by atoms with Crippen molar-refractivity contribution >= 4 is 16.9 Å². The van der Waals surface area contributed by atoms with Crippen LogP contribution in [-0.4, -0.2) is 99.9 Å². The molecule has 0 aromatic carbocycles. The van der Waals surface area contributed by atoms with Crippen LogP contribution in [0.5, 0.6) is 0 Å². The number of fused-ring (bicyclic) bond motifs is 5. The van der Waals surface area contributed by atoms with E-state index in [0.29, 0.717) is 42.9 Å². The molecular formula is C33H50F8N2O4S. The van der Waals surface area contributed by atoms with Crippen LogP contribution in [0.25, 0.3) is 0 Å². The predicted molar refractivity (Wildman–Crippen MR) is 164 cm³/mol. The summed E-state index contributed by atoms with van der Waals surface area (Å²) < 4.78 is 123. The van der Waals surface area contributed by atoms with Gasteiger partial charge in [0.25, 0.3) is 0 Å².